The number of piperazine rings is 1. The molecule has 0 bridgehead atoms. The van der Waals surface area contributed by atoms with Crippen LogP contribution in [0.3, 0.4) is 0 Å². The lowest BCUT2D eigenvalue weighted by Crippen LogP contribution is -2.49. The summed E-state index contributed by atoms with van der Waals surface area (Å²) in [6.45, 7) is 8.76. The highest BCUT2D eigenvalue weighted by Crippen LogP contribution is 2.22. The number of rotatable bonds is 4. The van der Waals surface area contributed by atoms with Crippen molar-refractivity contribution in [3.05, 3.63) is 41.6 Å². The average molecular weight is 343 g/mol. The van der Waals surface area contributed by atoms with Gasteiger partial charge < -0.3 is 19.0 Å². The summed E-state index contributed by atoms with van der Waals surface area (Å²) >= 11 is 0. The van der Waals surface area contributed by atoms with Crippen molar-refractivity contribution < 1.29 is 13.9 Å². The van der Waals surface area contributed by atoms with Crippen molar-refractivity contribution in [2.45, 2.75) is 26.7 Å². The molecular formula is C19H25N3O3. The Balaban J connectivity index is 1.64. The minimum Gasteiger partial charge on any atom is -0.497 e. The molecule has 1 aromatic heterocycles. The third-order valence-electron chi connectivity index (χ3n) is 4.51. The fourth-order valence-corrected chi connectivity index (χ4v) is 2.97. The van der Waals surface area contributed by atoms with Gasteiger partial charge in [0, 0.05) is 37.8 Å². The van der Waals surface area contributed by atoms with Crippen LogP contribution in [-0.2, 0) is 0 Å². The molecule has 1 fully saturated rings. The van der Waals surface area contributed by atoms with E-state index in [0.717, 1.165) is 24.5 Å². The van der Waals surface area contributed by atoms with Crippen molar-refractivity contribution in [3.63, 3.8) is 0 Å². The fourth-order valence-electron chi connectivity index (χ4n) is 2.97. The lowest BCUT2D eigenvalue weighted by atomic mass is 10.2. The second-order valence-electron chi connectivity index (χ2n) is 6.59. The van der Waals surface area contributed by atoms with Crippen LogP contribution in [0.1, 0.15) is 41.9 Å². The minimum absolute atomic E-state index is 0.0393. The highest BCUT2D eigenvalue weighted by molar-refractivity contribution is 5.93. The van der Waals surface area contributed by atoms with E-state index in [1.165, 1.54) is 0 Å². The number of benzene rings is 1. The molecule has 2 aromatic rings. The maximum atomic E-state index is 12.8. The maximum absolute atomic E-state index is 12.8. The van der Waals surface area contributed by atoms with E-state index in [4.69, 9.17) is 9.15 Å². The van der Waals surface area contributed by atoms with Crippen LogP contribution in [0.2, 0.25) is 0 Å². The number of carbonyl (C=O) groups is 1. The predicted octanol–water partition coefficient (Wildman–Crippen LogP) is 3.08. The fraction of sp³-hybridized carbons (Fsp3) is 0.474. The summed E-state index contributed by atoms with van der Waals surface area (Å²) < 4.78 is 10.8. The standard InChI is InChI=1S/C19H25N3O3/c1-13(2)18-20-17(14(3)25-18)19(23)22-11-9-21(10-12-22)15-5-7-16(24-4)8-6-15/h5-8,13H,9-12H2,1-4H3. The third-order valence-corrected chi connectivity index (χ3v) is 4.51. The molecule has 1 aliphatic heterocycles. The molecule has 0 atom stereocenters. The molecule has 1 aliphatic rings. The summed E-state index contributed by atoms with van der Waals surface area (Å²) in [6, 6.07) is 8.01. The smallest absolute Gasteiger partial charge is 0.276 e. The molecule has 0 unspecified atom stereocenters. The second-order valence-corrected chi connectivity index (χ2v) is 6.59. The van der Waals surface area contributed by atoms with Gasteiger partial charge in [-0.1, -0.05) is 13.8 Å². The number of methoxy groups -OCH3 is 1. The normalized spacial score (nSPS) is 14.9. The Morgan fingerprint density at radius 1 is 1.16 bits per heavy atom. The van der Waals surface area contributed by atoms with Gasteiger partial charge in [0.15, 0.2) is 11.6 Å². The molecule has 6 nitrogen and oxygen atoms in total. The largest absolute Gasteiger partial charge is 0.497 e. The molecule has 0 saturated carbocycles. The molecule has 0 N–H and O–H groups in total. The van der Waals surface area contributed by atoms with Gasteiger partial charge in [-0.05, 0) is 31.2 Å². The molecule has 3 rings (SSSR count). The summed E-state index contributed by atoms with van der Waals surface area (Å²) in [7, 11) is 1.66. The van der Waals surface area contributed by atoms with Crippen LogP contribution in [0.5, 0.6) is 5.75 Å². The first-order valence-electron chi connectivity index (χ1n) is 8.65. The second kappa shape index (κ2) is 7.17. The summed E-state index contributed by atoms with van der Waals surface area (Å²) in [4.78, 5) is 21.3. The first kappa shape index (κ1) is 17.3. The van der Waals surface area contributed by atoms with Gasteiger partial charge in [0.05, 0.1) is 7.11 Å². The van der Waals surface area contributed by atoms with E-state index in [1.54, 1.807) is 14.0 Å². The van der Waals surface area contributed by atoms with Gasteiger partial charge in [0.2, 0.25) is 0 Å². The quantitative estimate of drug-likeness (QED) is 0.854. The van der Waals surface area contributed by atoms with E-state index in [1.807, 2.05) is 43.0 Å². The van der Waals surface area contributed by atoms with E-state index in [0.29, 0.717) is 30.4 Å². The zero-order valence-electron chi connectivity index (χ0n) is 15.3. The average Bonchev–Trinajstić information content (AvgIpc) is 3.03. The van der Waals surface area contributed by atoms with E-state index in [-0.39, 0.29) is 11.8 Å². The number of aryl methyl sites for hydroxylation is 1. The monoisotopic (exact) mass is 343 g/mol. The zero-order chi connectivity index (χ0) is 18.0. The number of anilines is 1. The number of aromatic nitrogens is 1. The van der Waals surface area contributed by atoms with Crippen molar-refractivity contribution in [1.29, 1.82) is 0 Å². The molecule has 6 heteroatoms. The van der Waals surface area contributed by atoms with Crippen LogP contribution in [0.25, 0.3) is 0 Å². The molecule has 2 heterocycles. The summed E-state index contributed by atoms with van der Waals surface area (Å²) in [6.07, 6.45) is 0. The Bertz CT molecular complexity index is 729. The van der Waals surface area contributed by atoms with Crippen molar-refractivity contribution in [2.75, 3.05) is 38.2 Å². The van der Waals surface area contributed by atoms with E-state index in [2.05, 4.69) is 9.88 Å². The van der Waals surface area contributed by atoms with Gasteiger partial charge in [-0.15, -0.1) is 0 Å². The molecular weight excluding hydrogens is 318 g/mol. The predicted molar refractivity (Wildman–Crippen MR) is 96.4 cm³/mol. The number of oxazole rings is 1. The highest BCUT2D eigenvalue weighted by Gasteiger charge is 2.27. The van der Waals surface area contributed by atoms with Crippen molar-refractivity contribution in [2.24, 2.45) is 0 Å². The maximum Gasteiger partial charge on any atom is 0.276 e. The highest BCUT2D eigenvalue weighted by atomic mass is 16.5. The summed E-state index contributed by atoms with van der Waals surface area (Å²) in [5, 5.41) is 0. The topological polar surface area (TPSA) is 58.8 Å². The SMILES string of the molecule is COc1ccc(N2CCN(C(=O)c3nc(C(C)C)oc3C)CC2)cc1. The number of hydrogen-bond donors (Lipinski definition) is 0. The van der Waals surface area contributed by atoms with Crippen LogP contribution in [-0.4, -0.2) is 49.1 Å². The van der Waals surface area contributed by atoms with Crippen molar-refractivity contribution in [3.8, 4) is 5.75 Å². The van der Waals surface area contributed by atoms with E-state index < -0.39 is 0 Å². The van der Waals surface area contributed by atoms with Gasteiger partial charge in [-0.2, -0.15) is 0 Å². The van der Waals surface area contributed by atoms with E-state index in [9.17, 15) is 4.79 Å². The molecule has 1 saturated heterocycles. The van der Waals surface area contributed by atoms with Crippen molar-refractivity contribution >= 4 is 11.6 Å². The number of hydrogen-bond acceptors (Lipinski definition) is 5. The Morgan fingerprint density at radius 3 is 2.32 bits per heavy atom. The number of ether oxygens (including phenoxy) is 1. The molecule has 1 amide bonds. The molecule has 0 spiro atoms. The Hall–Kier alpha value is -2.50. The first-order valence-corrected chi connectivity index (χ1v) is 8.65. The zero-order valence-corrected chi connectivity index (χ0v) is 15.3. The minimum atomic E-state index is -0.0393. The van der Waals surface area contributed by atoms with Gasteiger partial charge in [-0.3, -0.25) is 4.79 Å². The number of carbonyl (C=O) groups excluding carboxylic acids is 1. The molecule has 25 heavy (non-hydrogen) atoms. The van der Waals surface area contributed by atoms with Gasteiger partial charge in [0.1, 0.15) is 11.5 Å². The van der Waals surface area contributed by atoms with Crippen LogP contribution in [0.15, 0.2) is 28.7 Å². The van der Waals surface area contributed by atoms with Crippen LogP contribution >= 0.6 is 0 Å². The van der Waals surface area contributed by atoms with E-state index >= 15 is 0 Å². The van der Waals surface area contributed by atoms with Crippen molar-refractivity contribution in [1.82, 2.24) is 9.88 Å². The number of nitrogens with zero attached hydrogens (tertiary/aromatic N) is 3. The first-order chi connectivity index (χ1) is 12.0. The summed E-state index contributed by atoms with van der Waals surface area (Å²) in [5.74, 6) is 2.21. The van der Waals surface area contributed by atoms with Crippen LogP contribution < -0.4 is 9.64 Å². The van der Waals surface area contributed by atoms with Crippen LogP contribution in [0, 0.1) is 6.92 Å². The molecule has 1 aromatic carbocycles. The lowest BCUT2D eigenvalue weighted by molar-refractivity contribution is 0.0739. The summed E-state index contributed by atoms with van der Waals surface area (Å²) in [5.41, 5.74) is 1.59. The molecule has 0 aliphatic carbocycles. The van der Waals surface area contributed by atoms with Gasteiger partial charge >= 0.3 is 0 Å². The van der Waals surface area contributed by atoms with Gasteiger partial charge in [0.25, 0.3) is 5.91 Å². The van der Waals surface area contributed by atoms with Crippen LogP contribution in [0.4, 0.5) is 5.69 Å². The molecule has 134 valence electrons. The Morgan fingerprint density at radius 2 is 1.80 bits per heavy atom. The number of amides is 1. The Labute approximate surface area is 148 Å². The lowest BCUT2D eigenvalue weighted by Gasteiger charge is -2.35. The molecule has 0 radical (unpaired) electrons. The Kier molecular flexibility index (Phi) is 4.97. The van der Waals surface area contributed by atoms with Gasteiger partial charge in [-0.25, -0.2) is 4.98 Å². The third kappa shape index (κ3) is 3.62.